The van der Waals surface area contributed by atoms with Crippen LogP contribution in [0.5, 0.6) is 11.5 Å². The maximum Gasteiger partial charge on any atom is 0.141 e. The Hall–Kier alpha value is -3.60. The normalized spacial score (nSPS) is 10.7. The van der Waals surface area contributed by atoms with Crippen LogP contribution in [0.1, 0.15) is 0 Å². The fourth-order valence-corrected chi connectivity index (χ4v) is 3.08. The molecule has 0 radical (unpaired) electrons. The third-order valence-corrected chi connectivity index (χ3v) is 4.57. The van der Waals surface area contributed by atoms with Gasteiger partial charge in [0.2, 0.25) is 0 Å². The lowest BCUT2D eigenvalue weighted by atomic mass is 10.0. The van der Waals surface area contributed by atoms with Crippen LogP contribution in [0.3, 0.4) is 0 Å². The summed E-state index contributed by atoms with van der Waals surface area (Å²) < 4.78 is 24.8. The monoisotopic (exact) mass is 374 g/mol. The molecule has 0 spiro atoms. The first-order valence-electron chi connectivity index (χ1n) is 8.83. The first-order valence-corrected chi connectivity index (χ1v) is 8.83. The maximum absolute atomic E-state index is 14.3. The lowest BCUT2D eigenvalue weighted by Gasteiger charge is -2.06. The molecule has 140 valence electrons. The van der Waals surface area contributed by atoms with Gasteiger partial charge < -0.3 is 14.5 Å². The number of hydrogen-bond acceptors (Lipinski definition) is 3. The molecule has 4 nitrogen and oxygen atoms in total. The number of aromatic nitrogens is 2. The van der Waals surface area contributed by atoms with Crippen molar-refractivity contribution >= 4 is 0 Å². The van der Waals surface area contributed by atoms with E-state index in [2.05, 4.69) is 4.98 Å². The van der Waals surface area contributed by atoms with Gasteiger partial charge in [-0.05, 0) is 60.7 Å². The zero-order valence-electron chi connectivity index (χ0n) is 15.6. The van der Waals surface area contributed by atoms with Crippen molar-refractivity contribution in [1.82, 2.24) is 9.97 Å². The largest absolute Gasteiger partial charge is 0.497 e. The van der Waals surface area contributed by atoms with Crippen LogP contribution >= 0.6 is 0 Å². The van der Waals surface area contributed by atoms with Crippen LogP contribution in [-0.4, -0.2) is 24.2 Å². The van der Waals surface area contributed by atoms with Gasteiger partial charge >= 0.3 is 0 Å². The predicted octanol–water partition coefficient (Wildman–Crippen LogP) is 5.57. The quantitative estimate of drug-likeness (QED) is 0.497. The fourth-order valence-electron chi connectivity index (χ4n) is 3.08. The van der Waals surface area contributed by atoms with E-state index in [1.165, 1.54) is 6.07 Å². The molecule has 4 aromatic rings. The number of benzene rings is 3. The van der Waals surface area contributed by atoms with Crippen molar-refractivity contribution < 1.29 is 13.9 Å². The van der Waals surface area contributed by atoms with E-state index in [9.17, 15) is 4.39 Å². The summed E-state index contributed by atoms with van der Waals surface area (Å²) in [4.78, 5) is 8.01. The SMILES string of the molecule is COc1ccc(-c2nc(-c3ccccc3F)[nH]c2-c2ccc(OC)cc2)cc1. The first-order chi connectivity index (χ1) is 13.7. The smallest absolute Gasteiger partial charge is 0.141 e. The van der Waals surface area contributed by atoms with Gasteiger partial charge in [0.15, 0.2) is 0 Å². The Morgan fingerprint density at radius 2 is 1.32 bits per heavy atom. The molecule has 0 unspecified atom stereocenters. The summed E-state index contributed by atoms with van der Waals surface area (Å²) in [6, 6.07) is 21.9. The molecule has 1 N–H and O–H groups in total. The van der Waals surface area contributed by atoms with Crippen molar-refractivity contribution in [3.63, 3.8) is 0 Å². The second kappa shape index (κ2) is 7.56. The van der Waals surface area contributed by atoms with Crippen LogP contribution < -0.4 is 9.47 Å². The van der Waals surface area contributed by atoms with E-state index < -0.39 is 0 Å². The van der Waals surface area contributed by atoms with Gasteiger partial charge in [0.25, 0.3) is 0 Å². The van der Waals surface area contributed by atoms with Gasteiger partial charge in [-0.15, -0.1) is 0 Å². The van der Waals surface area contributed by atoms with E-state index in [1.54, 1.807) is 32.4 Å². The van der Waals surface area contributed by atoms with Crippen molar-refractivity contribution in [2.75, 3.05) is 14.2 Å². The second-order valence-corrected chi connectivity index (χ2v) is 6.25. The highest BCUT2D eigenvalue weighted by Gasteiger charge is 2.17. The summed E-state index contributed by atoms with van der Waals surface area (Å²) in [5, 5.41) is 0. The Morgan fingerprint density at radius 3 is 1.89 bits per heavy atom. The molecule has 0 bridgehead atoms. The average Bonchev–Trinajstić information content (AvgIpc) is 3.19. The van der Waals surface area contributed by atoms with Gasteiger partial charge in [-0.1, -0.05) is 12.1 Å². The molecule has 4 rings (SSSR count). The topological polar surface area (TPSA) is 47.1 Å². The minimum Gasteiger partial charge on any atom is -0.497 e. The van der Waals surface area contributed by atoms with Crippen LogP contribution in [0.2, 0.25) is 0 Å². The molecular formula is C23H19FN2O2. The van der Waals surface area contributed by atoms with E-state index in [0.717, 1.165) is 34.0 Å². The average molecular weight is 374 g/mol. The third-order valence-electron chi connectivity index (χ3n) is 4.57. The number of halogens is 1. The summed E-state index contributed by atoms with van der Waals surface area (Å²) in [6.07, 6.45) is 0. The number of hydrogen-bond donors (Lipinski definition) is 1. The van der Waals surface area contributed by atoms with E-state index >= 15 is 0 Å². The van der Waals surface area contributed by atoms with E-state index in [0.29, 0.717) is 11.4 Å². The third kappa shape index (κ3) is 3.34. The highest BCUT2D eigenvalue weighted by molar-refractivity contribution is 5.81. The molecule has 0 saturated carbocycles. The minimum atomic E-state index is -0.321. The van der Waals surface area contributed by atoms with Crippen LogP contribution in [0, 0.1) is 5.82 Å². The molecule has 3 aromatic carbocycles. The Kier molecular flexibility index (Phi) is 4.81. The van der Waals surface area contributed by atoms with E-state index in [-0.39, 0.29) is 5.82 Å². The highest BCUT2D eigenvalue weighted by atomic mass is 19.1. The summed E-state index contributed by atoms with van der Waals surface area (Å²) in [6.45, 7) is 0. The Balaban J connectivity index is 1.87. The number of rotatable bonds is 5. The number of H-pyrrole nitrogens is 1. The first kappa shape index (κ1) is 17.8. The Morgan fingerprint density at radius 1 is 0.750 bits per heavy atom. The molecule has 28 heavy (non-hydrogen) atoms. The molecule has 0 aliphatic rings. The summed E-state index contributed by atoms with van der Waals surface area (Å²) >= 11 is 0. The lowest BCUT2D eigenvalue weighted by molar-refractivity contribution is 0.414. The molecule has 1 aromatic heterocycles. The maximum atomic E-state index is 14.3. The number of ether oxygens (including phenoxy) is 2. The van der Waals surface area contributed by atoms with E-state index in [1.807, 2.05) is 48.5 Å². The van der Waals surface area contributed by atoms with Crippen molar-refractivity contribution in [2.24, 2.45) is 0 Å². The molecule has 5 heteroatoms. The van der Waals surface area contributed by atoms with Gasteiger partial charge in [-0.25, -0.2) is 9.37 Å². The number of methoxy groups -OCH3 is 2. The molecule has 0 atom stereocenters. The van der Waals surface area contributed by atoms with Crippen LogP contribution in [0.15, 0.2) is 72.8 Å². The van der Waals surface area contributed by atoms with Crippen molar-refractivity contribution in [3.05, 3.63) is 78.6 Å². The summed E-state index contributed by atoms with van der Waals surface area (Å²) in [5.41, 5.74) is 3.82. The van der Waals surface area contributed by atoms with Gasteiger partial charge in [0.05, 0.1) is 31.2 Å². The zero-order chi connectivity index (χ0) is 19.5. The molecule has 1 heterocycles. The number of nitrogens with one attached hydrogen (secondary N) is 1. The standard InChI is InChI=1S/C23H19FN2O2/c1-27-17-11-7-15(8-12-17)21-22(16-9-13-18(28-2)14-10-16)26-23(25-21)19-5-3-4-6-20(19)24/h3-14H,1-2H3,(H,25,26). The summed E-state index contributed by atoms with van der Waals surface area (Å²) in [5.74, 6) is 1.69. The molecule has 0 amide bonds. The van der Waals surface area contributed by atoms with Crippen molar-refractivity contribution in [1.29, 1.82) is 0 Å². The van der Waals surface area contributed by atoms with Gasteiger partial charge in [-0.2, -0.15) is 0 Å². The van der Waals surface area contributed by atoms with Gasteiger partial charge in [0, 0.05) is 11.1 Å². The fraction of sp³-hybridized carbons (Fsp3) is 0.0870. The molecular weight excluding hydrogens is 355 g/mol. The molecule has 0 saturated heterocycles. The number of aromatic amines is 1. The van der Waals surface area contributed by atoms with Crippen LogP contribution in [0.25, 0.3) is 33.9 Å². The molecule has 0 aliphatic carbocycles. The van der Waals surface area contributed by atoms with Crippen molar-refractivity contribution in [3.8, 4) is 45.4 Å². The molecule has 0 aliphatic heterocycles. The molecule has 0 fully saturated rings. The number of imidazole rings is 1. The highest BCUT2D eigenvalue weighted by Crippen LogP contribution is 2.35. The lowest BCUT2D eigenvalue weighted by Crippen LogP contribution is -1.87. The predicted molar refractivity (Wildman–Crippen MR) is 108 cm³/mol. The van der Waals surface area contributed by atoms with Crippen molar-refractivity contribution in [2.45, 2.75) is 0 Å². The van der Waals surface area contributed by atoms with Gasteiger partial charge in [-0.3, -0.25) is 0 Å². The van der Waals surface area contributed by atoms with Crippen LogP contribution in [0.4, 0.5) is 4.39 Å². The zero-order valence-corrected chi connectivity index (χ0v) is 15.6. The summed E-state index contributed by atoms with van der Waals surface area (Å²) in [7, 11) is 3.26. The number of nitrogens with zero attached hydrogens (tertiary/aromatic N) is 1. The Bertz CT molecular complexity index is 1020. The van der Waals surface area contributed by atoms with E-state index in [4.69, 9.17) is 14.5 Å². The second-order valence-electron chi connectivity index (χ2n) is 6.25. The minimum absolute atomic E-state index is 0.321. The Labute approximate surface area is 162 Å². The van der Waals surface area contributed by atoms with Crippen LogP contribution in [-0.2, 0) is 0 Å². The van der Waals surface area contributed by atoms with Gasteiger partial charge in [0.1, 0.15) is 23.1 Å².